The lowest BCUT2D eigenvalue weighted by molar-refractivity contribution is -0.0221. The summed E-state index contributed by atoms with van der Waals surface area (Å²) in [5.41, 5.74) is -0.0246. The maximum absolute atomic E-state index is 5.96. The Bertz CT molecular complexity index is 357. The summed E-state index contributed by atoms with van der Waals surface area (Å²) in [4.78, 5) is 4.14. The summed E-state index contributed by atoms with van der Waals surface area (Å²) in [6.07, 6.45) is 6.18. The lowest BCUT2D eigenvalue weighted by Crippen LogP contribution is -2.46. The highest BCUT2D eigenvalue weighted by Gasteiger charge is 2.39. The fraction of sp³-hybridized carbons (Fsp3) is 0.833. The largest absolute Gasteiger partial charge is 0.456 e. The van der Waals surface area contributed by atoms with Gasteiger partial charge >= 0.3 is 6.01 Å². The van der Waals surface area contributed by atoms with Gasteiger partial charge in [0.1, 0.15) is 11.9 Å². The van der Waals surface area contributed by atoms with Crippen molar-refractivity contribution >= 4 is 0 Å². The van der Waals surface area contributed by atoms with Crippen molar-refractivity contribution in [2.75, 3.05) is 6.54 Å². The van der Waals surface area contributed by atoms with E-state index in [1.807, 2.05) is 7.05 Å². The van der Waals surface area contributed by atoms with Crippen molar-refractivity contribution in [3.63, 3.8) is 0 Å². The van der Waals surface area contributed by atoms with Crippen LogP contribution in [0.2, 0.25) is 0 Å². The van der Waals surface area contributed by atoms with Crippen molar-refractivity contribution in [2.24, 2.45) is 7.05 Å². The van der Waals surface area contributed by atoms with Crippen molar-refractivity contribution in [2.45, 2.75) is 51.2 Å². The van der Waals surface area contributed by atoms with Crippen LogP contribution in [0.25, 0.3) is 0 Å². The molecule has 1 saturated carbocycles. The van der Waals surface area contributed by atoms with Gasteiger partial charge in [-0.15, -0.1) is 5.10 Å². The molecule has 5 nitrogen and oxygen atoms in total. The fourth-order valence-corrected chi connectivity index (χ4v) is 2.12. The van der Waals surface area contributed by atoms with Crippen LogP contribution in [0.15, 0.2) is 6.33 Å². The molecule has 0 unspecified atom stereocenters. The van der Waals surface area contributed by atoms with Gasteiger partial charge in [-0.25, -0.2) is 0 Å². The molecule has 1 heterocycles. The van der Waals surface area contributed by atoms with E-state index >= 15 is 0 Å². The molecule has 0 bridgehead atoms. The van der Waals surface area contributed by atoms with Gasteiger partial charge in [0.15, 0.2) is 0 Å². The van der Waals surface area contributed by atoms with Gasteiger partial charge < -0.3 is 10.1 Å². The first-order valence-electron chi connectivity index (χ1n) is 6.38. The van der Waals surface area contributed by atoms with E-state index in [0.29, 0.717) is 12.1 Å². The zero-order chi connectivity index (χ0) is 12.3. The zero-order valence-corrected chi connectivity index (χ0v) is 10.9. The van der Waals surface area contributed by atoms with Gasteiger partial charge in [-0.05, 0) is 32.2 Å². The summed E-state index contributed by atoms with van der Waals surface area (Å²) in [7, 11) is 1.85. The van der Waals surface area contributed by atoms with Crippen LogP contribution in [0.3, 0.4) is 0 Å². The molecule has 1 aliphatic rings. The van der Waals surface area contributed by atoms with Gasteiger partial charge in [-0.1, -0.05) is 13.8 Å². The lowest BCUT2D eigenvalue weighted by atomic mass is 9.77. The predicted molar refractivity (Wildman–Crippen MR) is 66.0 cm³/mol. The topological polar surface area (TPSA) is 52.0 Å². The Labute approximate surface area is 103 Å². The minimum atomic E-state index is -0.0246. The van der Waals surface area contributed by atoms with Crippen LogP contribution >= 0.6 is 0 Å². The zero-order valence-electron chi connectivity index (χ0n) is 10.9. The first kappa shape index (κ1) is 12.4. The van der Waals surface area contributed by atoms with Crippen LogP contribution in [0, 0.1) is 0 Å². The van der Waals surface area contributed by atoms with Crippen LogP contribution in [0.5, 0.6) is 6.01 Å². The number of aromatic nitrogens is 3. The highest BCUT2D eigenvalue weighted by Crippen LogP contribution is 2.38. The summed E-state index contributed by atoms with van der Waals surface area (Å²) in [5, 5.41) is 7.62. The second kappa shape index (κ2) is 5.04. The van der Waals surface area contributed by atoms with Gasteiger partial charge in [-0.3, -0.25) is 4.68 Å². The van der Waals surface area contributed by atoms with Crippen LogP contribution < -0.4 is 10.1 Å². The van der Waals surface area contributed by atoms with Crippen LogP contribution in [0.4, 0.5) is 0 Å². The summed E-state index contributed by atoms with van der Waals surface area (Å²) in [6.45, 7) is 5.31. The molecule has 2 rings (SSSR count). The van der Waals surface area contributed by atoms with Crippen molar-refractivity contribution in [3.05, 3.63) is 6.33 Å². The second-order valence-electron chi connectivity index (χ2n) is 5.20. The van der Waals surface area contributed by atoms with Gasteiger partial charge in [0.25, 0.3) is 0 Å². The second-order valence-corrected chi connectivity index (χ2v) is 5.20. The lowest BCUT2D eigenvalue weighted by Gasteiger charge is -2.41. The van der Waals surface area contributed by atoms with E-state index in [1.165, 1.54) is 6.42 Å². The van der Waals surface area contributed by atoms with E-state index in [4.69, 9.17) is 4.74 Å². The van der Waals surface area contributed by atoms with Gasteiger partial charge in [0.2, 0.25) is 0 Å². The molecule has 1 aliphatic carbocycles. The Morgan fingerprint density at radius 1 is 1.53 bits per heavy atom. The normalized spacial score (nSPS) is 18.1. The van der Waals surface area contributed by atoms with Crippen molar-refractivity contribution in [3.8, 4) is 6.01 Å². The van der Waals surface area contributed by atoms with Gasteiger partial charge in [-0.2, -0.15) is 4.98 Å². The molecule has 0 amide bonds. The Kier molecular flexibility index (Phi) is 3.66. The van der Waals surface area contributed by atoms with E-state index in [-0.39, 0.29) is 5.60 Å². The van der Waals surface area contributed by atoms with E-state index in [1.54, 1.807) is 11.0 Å². The number of hydrogen-bond acceptors (Lipinski definition) is 4. The number of ether oxygens (including phenoxy) is 1. The number of rotatable bonds is 6. The molecule has 0 aliphatic heterocycles. The maximum atomic E-state index is 5.96. The van der Waals surface area contributed by atoms with Gasteiger partial charge in [0.05, 0.1) is 0 Å². The van der Waals surface area contributed by atoms with Gasteiger partial charge in [0, 0.05) is 13.1 Å². The molecule has 1 N–H and O–H groups in total. The molecule has 1 aromatic rings. The highest BCUT2D eigenvalue weighted by atomic mass is 16.5. The number of nitrogens with one attached hydrogen (secondary N) is 1. The molecule has 0 atom stereocenters. The molecule has 0 spiro atoms. The number of hydrogen-bond donors (Lipinski definition) is 1. The highest BCUT2D eigenvalue weighted by molar-refractivity contribution is 4.99. The molecule has 17 heavy (non-hydrogen) atoms. The average Bonchev–Trinajstić information content (AvgIpc) is 2.59. The fourth-order valence-electron chi connectivity index (χ4n) is 2.12. The molecular weight excluding hydrogens is 216 g/mol. The van der Waals surface area contributed by atoms with Crippen molar-refractivity contribution < 1.29 is 4.74 Å². The van der Waals surface area contributed by atoms with Crippen molar-refractivity contribution in [1.82, 2.24) is 20.1 Å². The minimum absolute atomic E-state index is 0.0246. The molecule has 0 radical (unpaired) electrons. The molecule has 0 aromatic carbocycles. The first-order valence-corrected chi connectivity index (χ1v) is 6.38. The van der Waals surface area contributed by atoms with Crippen LogP contribution in [-0.2, 0) is 7.05 Å². The maximum Gasteiger partial charge on any atom is 0.335 e. The summed E-state index contributed by atoms with van der Waals surface area (Å²) in [5.74, 6) is 0. The Hall–Kier alpha value is -1.10. The smallest absolute Gasteiger partial charge is 0.335 e. The summed E-state index contributed by atoms with van der Waals surface area (Å²) >= 11 is 0. The molecule has 5 heteroatoms. The predicted octanol–water partition coefficient (Wildman–Crippen LogP) is 1.50. The standard InChI is InChI=1S/C12H22N4O/c1-10(2)13-8-7-12(5-4-6-12)17-11-14-9-16(3)15-11/h9-10,13H,4-8H2,1-3H3. The Morgan fingerprint density at radius 3 is 2.76 bits per heavy atom. The molecule has 1 aromatic heterocycles. The molecular formula is C12H22N4O. The third-order valence-electron chi connectivity index (χ3n) is 3.28. The summed E-state index contributed by atoms with van der Waals surface area (Å²) in [6, 6.07) is 1.04. The average molecular weight is 238 g/mol. The quantitative estimate of drug-likeness (QED) is 0.816. The van der Waals surface area contributed by atoms with Crippen LogP contribution in [-0.4, -0.2) is 33.0 Å². The monoisotopic (exact) mass is 238 g/mol. The van der Waals surface area contributed by atoms with Crippen LogP contribution in [0.1, 0.15) is 39.5 Å². The third-order valence-corrected chi connectivity index (χ3v) is 3.28. The minimum Gasteiger partial charge on any atom is -0.456 e. The molecule has 96 valence electrons. The Balaban J connectivity index is 1.86. The first-order chi connectivity index (χ1) is 8.10. The number of nitrogens with zero attached hydrogens (tertiary/aromatic N) is 3. The Morgan fingerprint density at radius 2 is 2.29 bits per heavy atom. The van der Waals surface area contributed by atoms with E-state index in [2.05, 4.69) is 29.2 Å². The molecule has 1 fully saturated rings. The van der Waals surface area contributed by atoms with Crippen molar-refractivity contribution in [1.29, 1.82) is 0 Å². The van der Waals surface area contributed by atoms with E-state index in [9.17, 15) is 0 Å². The number of aryl methyl sites for hydroxylation is 1. The summed E-state index contributed by atoms with van der Waals surface area (Å²) < 4.78 is 7.63. The van der Waals surface area contributed by atoms with E-state index in [0.717, 1.165) is 25.8 Å². The SMILES string of the molecule is CC(C)NCCC1(Oc2ncn(C)n2)CCC1. The third kappa shape index (κ3) is 3.19. The molecule has 0 saturated heterocycles. The van der Waals surface area contributed by atoms with E-state index < -0.39 is 0 Å².